The Kier molecular flexibility index (Phi) is 7.67. The average Bonchev–Trinajstić information content (AvgIpc) is 3.16. The second kappa shape index (κ2) is 10.0. The van der Waals surface area contributed by atoms with Gasteiger partial charge in [-0.05, 0) is 80.6 Å². The molecular weight excluding hydrogens is 398 g/mol. The van der Waals surface area contributed by atoms with Gasteiger partial charge in [0.15, 0.2) is 0 Å². The predicted molar refractivity (Wildman–Crippen MR) is 123 cm³/mol. The van der Waals surface area contributed by atoms with E-state index >= 15 is 0 Å². The number of hydrogen-bond acceptors (Lipinski definition) is 4. The first-order valence-corrected chi connectivity index (χ1v) is 11.2. The standard InChI is InChI=1S/C25H34ClNO3/c1-4-19-12-18(15-30-22-7-8-23(26)24(13-22)29-3)5-6-20(19)11-17(2)21-9-10-25(27,14-21)16-28/h4,7-8,11,13,18,21,28H,2,5-6,9-10,12,14-16,27H2,1,3H3/b19-4-,20-11-/t18-,21+,25-/m1/s1. The topological polar surface area (TPSA) is 64.7 Å². The molecule has 0 unspecified atom stereocenters. The van der Waals surface area contributed by atoms with Crippen molar-refractivity contribution in [3.8, 4) is 11.5 Å². The third-order valence-corrected chi connectivity index (χ3v) is 6.85. The number of hydrogen-bond donors (Lipinski definition) is 2. The summed E-state index contributed by atoms with van der Waals surface area (Å²) in [6, 6.07) is 5.52. The van der Waals surface area contributed by atoms with Gasteiger partial charge in [0.2, 0.25) is 0 Å². The van der Waals surface area contributed by atoms with Crippen LogP contribution in [0.5, 0.6) is 11.5 Å². The molecular formula is C25H34ClNO3. The van der Waals surface area contributed by atoms with Crippen LogP contribution in [0.2, 0.25) is 5.02 Å². The highest BCUT2D eigenvalue weighted by atomic mass is 35.5. The lowest BCUT2D eigenvalue weighted by atomic mass is 9.80. The number of ether oxygens (including phenoxy) is 2. The maximum atomic E-state index is 9.53. The van der Waals surface area contributed by atoms with Gasteiger partial charge in [-0.15, -0.1) is 0 Å². The largest absolute Gasteiger partial charge is 0.495 e. The summed E-state index contributed by atoms with van der Waals surface area (Å²) in [5, 5.41) is 10.1. The highest BCUT2D eigenvalue weighted by molar-refractivity contribution is 6.32. The molecule has 2 aliphatic rings. The number of aliphatic hydroxyl groups excluding tert-OH is 1. The lowest BCUT2D eigenvalue weighted by Gasteiger charge is -2.27. The molecule has 0 spiro atoms. The van der Waals surface area contributed by atoms with Crippen LogP contribution in [-0.2, 0) is 0 Å². The molecule has 0 saturated heterocycles. The summed E-state index contributed by atoms with van der Waals surface area (Å²) in [7, 11) is 1.61. The lowest BCUT2D eigenvalue weighted by molar-refractivity contribution is 0.197. The van der Waals surface area contributed by atoms with Crippen molar-refractivity contribution in [2.45, 2.75) is 51.0 Å². The summed E-state index contributed by atoms with van der Waals surface area (Å²) in [5.41, 5.74) is 9.72. The first kappa shape index (κ1) is 22.9. The van der Waals surface area contributed by atoms with Crippen molar-refractivity contribution in [1.82, 2.24) is 0 Å². The molecule has 1 aromatic rings. The molecule has 3 rings (SSSR count). The van der Waals surface area contributed by atoms with Crippen LogP contribution in [-0.4, -0.2) is 31.0 Å². The number of halogens is 1. The molecule has 0 amide bonds. The molecule has 0 aromatic heterocycles. The minimum Gasteiger partial charge on any atom is -0.495 e. The van der Waals surface area contributed by atoms with Gasteiger partial charge >= 0.3 is 0 Å². The van der Waals surface area contributed by atoms with Gasteiger partial charge in [-0.3, -0.25) is 0 Å². The third kappa shape index (κ3) is 5.48. The van der Waals surface area contributed by atoms with E-state index in [1.165, 1.54) is 11.1 Å². The lowest BCUT2D eigenvalue weighted by Crippen LogP contribution is -2.40. The molecule has 1 aromatic carbocycles. The van der Waals surface area contributed by atoms with Crippen LogP contribution in [0, 0.1) is 11.8 Å². The molecule has 0 aliphatic heterocycles. The molecule has 2 aliphatic carbocycles. The van der Waals surface area contributed by atoms with Gasteiger partial charge in [0.05, 0.1) is 25.3 Å². The second-order valence-electron chi connectivity index (χ2n) is 8.73. The summed E-state index contributed by atoms with van der Waals surface area (Å²) in [4.78, 5) is 0. The van der Waals surface area contributed by atoms with Crippen LogP contribution in [0.3, 0.4) is 0 Å². The van der Waals surface area contributed by atoms with Gasteiger partial charge in [0, 0.05) is 11.6 Å². The van der Waals surface area contributed by atoms with Crippen LogP contribution in [0.25, 0.3) is 0 Å². The fourth-order valence-corrected chi connectivity index (χ4v) is 4.77. The maximum absolute atomic E-state index is 9.53. The minimum atomic E-state index is -0.436. The summed E-state index contributed by atoms with van der Waals surface area (Å²) >= 11 is 6.09. The van der Waals surface area contributed by atoms with Gasteiger partial charge < -0.3 is 20.3 Å². The molecule has 2 saturated carbocycles. The summed E-state index contributed by atoms with van der Waals surface area (Å²) in [6.45, 7) is 7.15. The van der Waals surface area contributed by atoms with Crippen molar-refractivity contribution in [2.24, 2.45) is 17.6 Å². The van der Waals surface area contributed by atoms with Crippen molar-refractivity contribution in [3.63, 3.8) is 0 Å². The van der Waals surface area contributed by atoms with Crippen molar-refractivity contribution in [1.29, 1.82) is 0 Å². The Bertz CT molecular complexity index is 832. The van der Waals surface area contributed by atoms with Crippen LogP contribution in [0.15, 0.2) is 53.6 Å². The zero-order chi connectivity index (χ0) is 21.7. The Hall–Kier alpha value is -1.75. The second-order valence-corrected chi connectivity index (χ2v) is 9.14. The van der Waals surface area contributed by atoms with Crippen LogP contribution >= 0.6 is 11.6 Å². The molecule has 0 bridgehead atoms. The zero-order valence-corrected chi connectivity index (χ0v) is 18.9. The Labute approximate surface area is 185 Å². The quantitative estimate of drug-likeness (QED) is 0.602. The highest BCUT2D eigenvalue weighted by Gasteiger charge is 2.36. The first-order chi connectivity index (χ1) is 14.4. The Morgan fingerprint density at radius 1 is 1.37 bits per heavy atom. The average molecular weight is 432 g/mol. The normalized spacial score (nSPS) is 29.4. The van der Waals surface area contributed by atoms with Crippen LogP contribution < -0.4 is 15.2 Å². The van der Waals surface area contributed by atoms with E-state index in [4.69, 9.17) is 26.8 Å². The fraction of sp³-hybridized carbons (Fsp3) is 0.520. The minimum absolute atomic E-state index is 0.0502. The third-order valence-electron chi connectivity index (χ3n) is 6.54. The fourth-order valence-electron chi connectivity index (χ4n) is 4.58. The van der Waals surface area contributed by atoms with Gasteiger partial charge in [0.25, 0.3) is 0 Å². The monoisotopic (exact) mass is 431 g/mol. The van der Waals surface area contributed by atoms with Gasteiger partial charge in [-0.25, -0.2) is 0 Å². The molecule has 164 valence electrons. The van der Waals surface area contributed by atoms with E-state index < -0.39 is 5.54 Å². The van der Waals surface area contributed by atoms with Crippen LogP contribution in [0.1, 0.15) is 45.4 Å². The molecule has 5 heteroatoms. The number of benzene rings is 1. The van der Waals surface area contributed by atoms with Crippen molar-refractivity contribution in [2.75, 3.05) is 20.3 Å². The summed E-state index contributed by atoms with van der Waals surface area (Å²) in [5.74, 6) is 2.25. The maximum Gasteiger partial charge on any atom is 0.141 e. The van der Waals surface area contributed by atoms with E-state index in [2.05, 4.69) is 25.7 Å². The number of methoxy groups -OCH3 is 1. The van der Waals surface area contributed by atoms with Crippen molar-refractivity contribution in [3.05, 3.63) is 58.7 Å². The van der Waals surface area contributed by atoms with Crippen LogP contribution in [0.4, 0.5) is 0 Å². The van der Waals surface area contributed by atoms with E-state index in [0.717, 1.165) is 49.8 Å². The molecule has 2 fully saturated rings. The molecule has 4 nitrogen and oxygen atoms in total. The van der Waals surface area contributed by atoms with Crippen molar-refractivity contribution < 1.29 is 14.6 Å². The summed E-state index contributed by atoms with van der Waals surface area (Å²) in [6.07, 6.45) is 10.3. The zero-order valence-electron chi connectivity index (χ0n) is 18.1. The Morgan fingerprint density at radius 3 is 2.83 bits per heavy atom. The van der Waals surface area contributed by atoms with E-state index in [-0.39, 0.29) is 6.61 Å². The molecule has 0 heterocycles. The van der Waals surface area contributed by atoms with Crippen molar-refractivity contribution >= 4 is 11.6 Å². The van der Waals surface area contributed by atoms with Gasteiger partial charge in [0.1, 0.15) is 11.5 Å². The SMILES string of the molecule is C=C(/C=C1/CC[C@@H](COc2ccc(Cl)c(OC)c2)C/C1=C/C)[C@H]1CC[C@](N)(CO)C1. The first-order valence-electron chi connectivity index (χ1n) is 10.8. The van der Waals surface area contributed by atoms with E-state index in [1.54, 1.807) is 13.2 Å². The molecule has 30 heavy (non-hydrogen) atoms. The number of nitrogens with two attached hydrogens (primary N) is 1. The number of allylic oxidation sites excluding steroid dienone is 5. The summed E-state index contributed by atoms with van der Waals surface area (Å²) < 4.78 is 11.3. The van der Waals surface area contributed by atoms with Gasteiger partial charge in [-0.1, -0.05) is 35.9 Å². The molecule has 0 radical (unpaired) electrons. The Balaban J connectivity index is 1.57. The van der Waals surface area contributed by atoms with E-state index in [0.29, 0.717) is 29.2 Å². The van der Waals surface area contributed by atoms with E-state index in [1.807, 2.05) is 12.1 Å². The molecule has 3 N–H and O–H groups in total. The highest BCUT2D eigenvalue weighted by Crippen LogP contribution is 2.40. The Morgan fingerprint density at radius 2 is 2.17 bits per heavy atom. The number of rotatable bonds is 7. The van der Waals surface area contributed by atoms with E-state index in [9.17, 15) is 5.11 Å². The number of aliphatic hydroxyl groups is 1. The van der Waals surface area contributed by atoms with Gasteiger partial charge in [-0.2, -0.15) is 0 Å². The smallest absolute Gasteiger partial charge is 0.141 e. The predicted octanol–water partition coefficient (Wildman–Crippen LogP) is 5.45. The molecule has 3 atom stereocenters.